The molecule has 2 aliphatic rings. The van der Waals surface area contributed by atoms with Gasteiger partial charge < -0.3 is 11.1 Å². The number of sulfone groups is 1. The molecule has 0 aromatic carbocycles. The number of carbonyl (C=O) groups excluding carboxylic acids is 1. The minimum Gasteiger partial charge on any atom is -0.349 e. The predicted octanol–water partition coefficient (Wildman–Crippen LogP) is -0.259. The zero-order chi connectivity index (χ0) is 15.5. The molecular formula is C14H27N3O3S. The van der Waals surface area contributed by atoms with Crippen molar-refractivity contribution in [3.63, 3.8) is 0 Å². The molecule has 2 aliphatic heterocycles. The number of hydrogen-bond acceptors (Lipinski definition) is 5. The summed E-state index contributed by atoms with van der Waals surface area (Å²) in [5.74, 6) is 0.858. The third-order valence-corrected chi connectivity index (χ3v) is 6.50. The standard InChI is InChI=1S/C14H27N3O3S/c1-14(5-9-21(19,20)11-14)16-13(18)10-17-7-3-12(2-6-15)4-8-17/h12H,2-11,15H2,1H3,(H,16,18). The smallest absolute Gasteiger partial charge is 0.234 e. The van der Waals surface area contributed by atoms with Crippen molar-refractivity contribution in [3.05, 3.63) is 0 Å². The molecule has 2 heterocycles. The number of rotatable bonds is 5. The molecule has 2 rings (SSSR count). The number of carbonyl (C=O) groups is 1. The van der Waals surface area contributed by atoms with Gasteiger partial charge in [-0.1, -0.05) is 0 Å². The van der Waals surface area contributed by atoms with Gasteiger partial charge in [-0.3, -0.25) is 9.69 Å². The van der Waals surface area contributed by atoms with Crippen LogP contribution in [0.1, 0.15) is 32.6 Å². The molecule has 1 atom stereocenters. The molecule has 0 aliphatic carbocycles. The first-order chi connectivity index (χ1) is 9.82. The van der Waals surface area contributed by atoms with Gasteiger partial charge in [-0.25, -0.2) is 8.42 Å². The monoisotopic (exact) mass is 317 g/mol. The van der Waals surface area contributed by atoms with Crippen LogP contribution in [0.2, 0.25) is 0 Å². The van der Waals surface area contributed by atoms with E-state index in [9.17, 15) is 13.2 Å². The zero-order valence-electron chi connectivity index (χ0n) is 12.8. The van der Waals surface area contributed by atoms with Crippen LogP contribution in [-0.4, -0.2) is 62.4 Å². The van der Waals surface area contributed by atoms with Crippen molar-refractivity contribution in [1.82, 2.24) is 10.2 Å². The Morgan fingerprint density at radius 3 is 2.57 bits per heavy atom. The third-order valence-electron chi connectivity index (χ3n) is 4.59. The minimum atomic E-state index is -2.99. The third kappa shape index (κ3) is 4.93. The van der Waals surface area contributed by atoms with Gasteiger partial charge in [0.1, 0.15) is 0 Å². The van der Waals surface area contributed by atoms with Crippen LogP contribution in [-0.2, 0) is 14.6 Å². The first kappa shape index (κ1) is 16.7. The van der Waals surface area contributed by atoms with Crippen molar-refractivity contribution < 1.29 is 13.2 Å². The molecule has 3 N–H and O–H groups in total. The first-order valence-electron chi connectivity index (χ1n) is 7.76. The topological polar surface area (TPSA) is 92.5 Å². The van der Waals surface area contributed by atoms with Gasteiger partial charge in [-0.15, -0.1) is 0 Å². The molecule has 0 spiro atoms. The SMILES string of the molecule is CC1(NC(=O)CN2CCC(CCN)CC2)CCS(=O)(=O)C1. The van der Waals surface area contributed by atoms with Gasteiger partial charge in [0, 0.05) is 0 Å². The van der Waals surface area contributed by atoms with Gasteiger partial charge in [0.25, 0.3) is 0 Å². The summed E-state index contributed by atoms with van der Waals surface area (Å²) in [5, 5.41) is 2.91. The number of piperidine rings is 1. The highest BCUT2D eigenvalue weighted by molar-refractivity contribution is 7.91. The Morgan fingerprint density at radius 2 is 2.05 bits per heavy atom. The number of nitrogens with two attached hydrogens (primary N) is 1. The predicted molar refractivity (Wildman–Crippen MR) is 82.7 cm³/mol. The molecule has 0 aromatic rings. The lowest BCUT2D eigenvalue weighted by atomic mass is 9.93. The van der Waals surface area contributed by atoms with Gasteiger partial charge in [0.15, 0.2) is 9.84 Å². The van der Waals surface area contributed by atoms with E-state index in [0.29, 0.717) is 18.9 Å². The van der Waals surface area contributed by atoms with Crippen molar-refractivity contribution in [1.29, 1.82) is 0 Å². The van der Waals surface area contributed by atoms with Crippen LogP contribution in [0, 0.1) is 5.92 Å². The van der Waals surface area contributed by atoms with Crippen molar-refractivity contribution in [3.8, 4) is 0 Å². The summed E-state index contributed by atoms with van der Waals surface area (Å²) < 4.78 is 23.1. The normalized spacial score (nSPS) is 30.4. The maximum absolute atomic E-state index is 12.1. The van der Waals surface area contributed by atoms with E-state index in [1.807, 2.05) is 6.92 Å². The lowest BCUT2D eigenvalue weighted by Gasteiger charge is -2.32. The summed E-state index contributed by atoms with van der Waals surface area (Å²) in [4.78, 5) is 14.3. The van der Waals surface area contributed by atoms with Crippen LogP contribution in [0.5, 0.6) is 0 Å². The fraction of sp³-hybridized carbons (Fsp3) is 0.929. The maximum atomic E-state index is 12.1. The number of amides is 1. The van der Waals surface area contributed by atoms with E-state index < -0.39 is 15.4 Å². The molecule has 6 nitrogen and oxygen atoms in total. The molecule has 0 aromatic heterocycles. The van der Waals surface area contributed by atoms with Crippen molar-refractivity contribution in [2.45, 2.75) is 38.1 Å². The Kier molecular flexibility index (Phi) is 5.27. The molecule has 7 heteroatoms. The van der Waals surface area contributed by atoms with Crippen LogP contribution in [0.15, 0.2) is 0 Å². The second-order valence-corrected chi connectivity index (χ2v) is 8.93. The van der Waals surface area contributed by atoms with Gasteiger partial charge in [-0.05, 0) is 58.2 Å². The first-order valence-corrected chi connectivity index (χ1v) is 9.58. The Morgan fingerprint density at radius 1 is 1.38 bits per heavy atom. The molecule has 0 bridgehead atoms. The molecule has 21 heavy (non-hydrogen) atoms. The van der Waals surface area contributed by atoms with Crippen molar-refractivity contribution in [2.24, 2.45) is 11.7 Å². The zero-order valence-corrected chi connectivity index (χ0v) is 13.6. The molecule has 1 amide bonds. The van der Waals surface area contributed by atoms with E-state index >= 15 is 0 Å². The maximum Gasteiger partial charge on any atom is 0.234 e. The molecule has 1 unspecified atom stereocenters. The van der Waals surface area contributed by atoms with Crippen molar-refractivity contribution >= 4 is 15.7 Å². The molecule has 0 radical (unpaired) electrons. The van der Waals surface area contributed by atoms with Gasteiger partial charge in [-0.2, -0.15) is 0 Å². The fourth-order valence-corrected chi connectivity index (χ4v) is 5.45. The summed E-state index contributed by atoms with van der Waals surface area (Å²) in [6.07, 6.45) is 3.77. The minimum absolute atomic E-state index is 0.0598. The van der Waals surface area contributed by atoms with Gasteiger partial charge >= 0.3 is 0 Å². The molecule has 2 fully saturated rings. The quantitative estimate of drug-likeness (QED) is 0.729. The summed E-state index contributed by atoms with van der Waals surface area (Å²) in [5.41, 5.74) is 4.99. The average molecular weight is 317 g/mol. The molecule has 2 saturated heterocycles. The molecule has 122 valence electrons. The van der Waals surface area contributed by atoms with Gasteiger partial charge in [0.2, 0.25) is 5.91 Å². The number of hydrogen-bond donors (Lipinski definition) is 2. The van der Waals surface area contributed by atoms with Crippen molar-refractivity contribution in [2.75, 3.05) is 37.7 Å². The Balaban J connectivity index is 1.76. The Labute approximate surface area is 127 Å². The Bertz CT molecular complexity index is 472. The highest BCUT2D eigenvalue weighted by atomic mass is 32.2. The number of nitrogens with zero attached hydrogens (tertiary/aromatic N) is 1. The Hall–Kier alpha value is -0.660. The van der Waals surface area contributed by atoms with E-state index in [1.54, 1.807) is 0 Å². The summed E-state index contributed by atoms with van der Waals surface area (Å²) in [6, 6.07) is 0. The fourth-order valence-electron chi connectivity index (χ4n) is 3.36. The second-order valence-electron chi connectivity index (χ2n) is 6.75. The van der Waals surface area contributed by atoms with Crippen LogP contribution in [0.25, 0.3) is 0 Å². The van der Waals surface area contributed by atoms with Crippen LogP contribution < -0.4 is 11.1 Å². The van der Waals surface area contributed by atoms with E-state index in [4.69, 9.17) is 5.73 Å². The van der Waals surface area contributed by atoms with Crippen LogP contribution in [0.4, 0.5) is 0 Å². The van der Waals surface area contributed by atoms with E-state index in [-0.39, 0.29) is 17.4 Å². The summed E-state index contributed by atoms with van der Waals surface area (Å²) >= 11 is 0. The second kappa shape index (κ2) is 6.62. The largest absolute Gasteiger partial charge is 0.349 e. The highest BCUT2D eigenvalue weighted by Gasteiger charge is 2.39. The number of nitrogens with one attached hydrogen (secondary N) is 1. The van der Waals surface area contributed by atoms with Gasteiger partial charge in [0.05, 0.1) is 23.6 Å². The van der Waals surface area contributed by atoms with E-state index in [0.717, 1.165) is 38.9 Å². The number of likely N-dealkylation sites (tertiary alicyclic amines) is 1. The molecular weight excluding hydrogens is 290 g/mol. The molecule has 0 saturated carbocycles. The average Bonchev–Trinajstić information content (AvgIpc) is 2.65. The van der Waals surface area contributed by atoms with Crippen LogP contribution >= 0.6 is 0 Å². The highest BCUT2D eigenvalue weighted by Crippen LogP contribution is 2.23. The lowest BCUT2D eigenvalue weighted by Crippen LogP contribution is -2.51. The lowest BCUT2D eigenvalue weighted by molar-refractivity contribution is -0.124. The summed E-state index contributed by atoms with van der Waals surface area (Å²) in [7, 11) is -2.99. The summed E-state index contributed by atoms with van der Waals surface area (Å²) in [6.45, 7) is 4.77. The van der Waals surface area contributed by atoms with E-state index in [1.165, 1.54) is 0 Å². The van der Waals surface area contributed by atoms with E-state index in [2.05, 4.69) is 10.2 Å². The van der Waals surface area contributed by atoms with Crippen LogP contribution in [0.3, 0.4) is 0 Å².